The molecule has 37 heavy (non-hydrogen) atoms. The molecule has 2 N–H and O–H groups in total. The van der Waals surface area contributed by atoms with Crippen LogP contribution in [0.5, 0.6) is 5.75 Å². The summed E-state index contributed by atoms with van der Waals surface area (Å²) in [6.07, 6.45) is 2.17. The molecule has 4 aromatic rings. The minimum atomic E-state index is -0.265. The summed E-state index contributed by atoms with van der Waals surface area (Å²) in [5, 5.41) is 9.24. The molecule has 7 nitrogen and oxygen atoms in total. The van der Waals surface area contributed by atoms with Crippen molar-refractivity contribution >= 4 is 39.5 Å². The van der Waals surface area contributed by atoms with E-state index in [9.17, 15) is 9.59 Å². The number of carbonyl (C=O) groups is 1. The number of piperidine rings is 1. The number of benzene rings is 1. The van der Waals surface area contributed by atoms with Crippen LogP contribution < -0.4 is 20.9 Å². The van der Waals surface area contributed by atoms with Crippen molar-refractivity contribution < 1.29 is 9.53 Å². The van der Waals surface area contributed by atoms with Gasteiger partial charge >= 0.3 is 0 Å². The van der Waals surface area contributed by atoms with Crippen molar-refractivity contribution in [2.75, 3.05) is 33.8 Å². The van der Waals surface area contributed by atoms with Crippen molar-refractivity contribution in [1.82, 2.24) is 20.1 Å². The number of hydrogen-bond donors (Lipinski definition) is 2. The lowest BCUT2D eigenvalue weighted by molar-refractivity contribution is 0.0964. The molecule has 5 rings (SSSR count). The molecule has 0 radical (unpaired) electrons. The molecular formula is C28H32N4O3S2. The van der Waals surface area contributed by atoms with Crippen LogP contribution in [0.3, 0.4) is 0 Å². The van der Waals surface area contributed by atoms with E-state index in [1.165, 1.54) is 20.7 Å². The van der Waals surface area contributed by atoms with Crippen LogP contribution in [-0.2, 0) is 13.1 Å². The number of methoxy groups -OCH3 is 1. The van der Waals surface area contributed by atoms with Crippen molar-refractivity contribution in [3.05, 3.63) is 74.7 Å². The van der Waals surface area contributed by atoms with Gasteiger partial charge in [0.15, 0.2) is 0 Å². The SMILES string of the molecule is CNC(=O)c1cc(=O)n(CCN2CCC(NCc3ccc(-c4cccs4)s3)CC2)c2cc(OC)ccc12. The smallest absolute Gasteiger partial charge is 0.251 e. The highest BCUT2D eigenvalue weighted by molar-refractivity contribution is 7.21. The highest BCUT2D eigenvalue weighted by atomic mass is 32.1. The van der Waals surface area contributed by atoms with Crippen molar-refractivity contribution in [3.63, 3.8) is 0 Å². The van der Waals surface area contributed by atoms with Gasteiger partial charge in [0.05, 0.1) is 18.2 Å². The largest absolute Gasteiger partial charge is 0.497 e. The predicted octanol–water partition coefficient (Wildman–Crippen LogP) is 4.41. The zero-order chi connectivity index (χ0) is 25.8. The fourth-order valence-electron chi connectivity index (χ4n) is 4.91. The van der Waals surface area contributed by atoms with Crippen LogP contribution in [0.1, 0.15) is 28.1 Å². The van der Waals surface area contributed by atoms with E-state index in [2.05, 4.69) is 45.2 Å². The van der Waals surface area contributed by atoms with Crippen molar-refractivity contribution in [2.45, 2.75) is 32.0 Å². The standard InChI is InChI=1S/C28H32N4O3S2/c1-29-28(34)23-17-27(33)32(24-16-20(35-2)5-7-22(23)24)14-13-31-11-9-19(10-12-31)30-18-21-6-8-26(37-21)25-4-3-15-36-25/h3-8,15-17,19,30H,9-14,18H2,1-2H3,(H,29,34). The Bertz CT molecular complexity index is 1420. The Morgan fingerprint density at radius 3 is 2.65 bits per heavy atom. The first-order valence-electron chi connectivity index (χ1n) is 12.6. The second-order valence-electron chi connectivity index (χ2n) is 9.25. The zero-order valence-electron chi connectivity index (χ0n) is 21.2. The predicted molar refractivity (Wildman–Crippen MR) is 152 cm³/mol. The number of thiophene rings is 2. The molecule has 1 aliphatic rings. The van der Waals surface area contributed by atoms with Crippen LogP contribution in [0.4, 0.5) is 0 Å². The van der Waals surface area contributed by atoms with Crippen LogP contribution >= 0.6 is 22.7 Å². The van der Waals surface area contributed by atoms with Gasteiger partial charge in [-0.05, 0) is 61.6 Å². The molecule has 1 fully saturated rings. The number of amides is 1. The molecule has 1 saturated heterocycles. The lowest BCUT2D eigenvalue weighted by Gasteiger charge is -2.32. The maximum Gasteiger partial charge on any atom is 0.251 e. The summed E-state index contributed by atoms with van der Waals surface area (Å²) >= 11 is 3.65. The number of aromatic nitrogens is 1. The summed E-state index contributed by atoms with van der Waals surface area (Å²) < 4.78 is 7.15. The molecule has 1 aliphatic heterocycles. The van der Waals surface area contributed by atoms with Gasteiger partial charge in [-0.15, -0.1) is 22.7 Å². The molecule has 0 aliphatic carbocycles. The van der Waals surface area contributed by atoms with Gasteiger partial charge in [0, 0.05) is 64.9 Å². The van der Waals surface area contributed by atoms with E-state index in [0.29, 0.717) is 23.9 Å². The second kappa shape index (κ2) is 11.6. The number of rotatable bonds is 9. The monoisotopic (exact) mass is 536 g/mol. The van der Waals surface area contributed by atoms with Gasteiger partial charge in [0.2, 0.25) is 0 Å². The van der Waals surface area contributed by atoms with Crippen LogP contribution in [0, 0.1) is 0 Å². The third-order valence-corrected chi connectivity index (χ3v) is 9.16. The van der Waals surface area contributed by atoms with Gasteiger partial charge in [-0.25, -0.2) is 0 Å². The average molecular weight is 537 g/mol. The molecule has 0 unspecified atom stereocenters. The van der Waals surface area contributed by atoms with Crippen molar-refractivity contribution in [3.8, 4) is 15.5 Å². The topological polar surface area (TPSA) is 75.6 Å². The Labute approximate surface area is 224 Å². The highest BCUT2D eigenvalue weighted by Gasteiger charge is 2.20. The van der Waals surface area contributed by atoms with Crippen LogP contribution in [0.25, 0.3) is 20.7 Å². The Balaban J connectivity index is 1.18. The number of carbonyl (C=O) groups excluding carboxylic acids is 1. The minimum absolute atomic E-state index is 0.172. The Kier molecular flexibility index (Phi) is 8.05. The van der Waals surface area contributed by atoms with Gasteiger partial charge in [0.25, 0.3) is 11.5 Å². The molecule has 4 heterocycles. The fourth-order valence-corrected chi connectivity index (χ4v) is 6.70. The first-order chi connectivity index (χ1) is 18.1. The third kappa shape index (κ3) is 5.80. The first kappa shape index (κ1) is 25.7. The molecule has 1 amide bonds. The number of pyridine rings is 1. The van der Waals surface area contributed by atoms with Gasteiger partial charge in [-0.3, -0.25) is 9.59 Å². The molecule has 9 heteroatoms. The van der Waals surface area contributed by atoms with Gasteiger partial charge in [0.1, 0.15) is 5.75 Å². The molecule has 0 saturated carbocycles. The molecule has 3 aromatic heterocycles. The summed E-state index contributed by atoms with van der Waals surface area (Å²) in [5.74, 6) is 0.397. The lowest BCUT2D eigenvalue weighted by Crippen LogP contribution is -2.43. The maximum absolute atomic E-state index is 13.0. The number of hydrogen-bond acceptors (Lipinski definition) is 7. The summed E-state index contributed by atoms with van der Waals surface area (Å²) in [5.41, 5.74) is 0.940. The summed E-state index contributed by atoms with van der Waals surface area (Å²) in [7, 11) is 3.18. The quantitative estimate of drug-likeness (QED) is 0.331. The third-order valence-electron chi connectivity index (χ3n) is 7.01. The minimum Gasteiger partial charge on any atom is -0.497 e. The van der Waals surface area contributed by atoms with E-state index < -0.39 is 0 Å². The number of ether oxygens (including phenoxy) is 1. The first-order valence-corrected chi connectivity index (χ1v) is 14.3. The average Bonchev–Trinajstić information content (AvgIpc) is 3.63. The number of fused-ring (bicyclic) bond motifs is 1. The van der Waals surface area contributed by atoms with Gasteiger partial charge in [-0.1, -0.05) is 6.07 Å². The normalized spacial score (nSPS) is 14.8. The second-order valence-corrected chi connectivity index (χ2v) is 11.4. The summed E-state index contributed by atoms with van der Waals surface area (Å²) in [6.45, 7) is 4.24. The van der Waals surface area contributed by atoms with E-state index in [4.69, 9.17) is 4.74 Å². The summed E-state index contributed by atoms with van der Waals surface area (Å²) in [4.78, 5) is 31.8. The van der Waals surface area contributed by atoms with E-state index in [0.717, 1.165) is 49.9 Å². The lowest BCUT2D eigenvalue weighted by atomic mass is 10.0. The van der Waals surface area contributed by atoms with Crippen molar-refractivity contribution in [2.24, 2.45) is 0 Å². The number of likely N-dealkylation sites (tertiary alicyclic amines) is 1. The van der Waals surface area contributed by atoms with Crippen LogP contribution in [0.2, 0.25) is 0 Å². The maximum atomic E-state index is 13.0. The molecular weight excluding hydrogens is 504 g/mol. The summed E-state index contributed by atoms with van der Waals surface area (Å²) in [6, 6.07) is 16.2. The van der Waals surface area contributed by atoms with Gasteiger partial charge in [-0.2, -0.15) is 0 Å². The van der Waals surface area contributed by atoms with E-state index in [1.807, 2.05) is 29.5 Å². The molecule has 0 atom stereocenters. The Morgan fingerprint density at radius 2 is 1.92 bits per heavy atom. The van der Waals surface area contributed by atoms with Gasteiger partial charge < -0.3 is 24.8 Å². The van der Waals surface area contributed by atoms with E-state index >= 15 is 0 Å². The highest BCUT2D eigenvalue weighted by Crippen LogP contribution is 2.31. The molecule has 0 bridgehead atoms. The molecule has 1 aromatic carbocycles. The van der Waals surface area contributed by atoms with Crippen LogP contribution in [0.15, 0.2) is 58.7 Å². The van der Waals surface area contributed by atoms with E-state index in [-0.39, 0.29) is 11.5 Å². The number of nitrogens with one attached hydrogen (secondary N) is 2. The van der Waals surface area contributed by atoms with E-state index in [1.54, 1.807) is 30.1 Å². The van der Waals surface area contributed by atoms with Crippen molar-refractivity contribution in [1.29, 1.82) is 0 Å². The fraction of sp³-hybridized carbons (Fsp3) is 0.357. The van der Waals surface area contributed by atoms with Crippen LogP contribution in [-0.4, -0.2) is 55.2 Å². The Morgan fingerprint density at radius 1 is 1.08 bits per heavy atom. The molecule has 0 spiro atoms. The molecule has 194 valence electrons. The Hall–Kier alpha value is -2.98. The number of nitrogens with zero attached hydrogens (tertiary/aromatic N) is 2. The zero-order valence-corrected chi connectivity index (χ0v) is 22.8.